The minimum absolute atomic E-state index is 0.0936. The van der Waals surface area contributed by atoms with Gasteiger partial charge in [0.05, 0.1) is 12.7 Å². The molecule has 1 aromatic rings. The number of carbonyl (C=O) groups excluding carboxylic acids is 2. The van der Waals surface area contributed by atoms with E-state index in [1.165, 1.54) is 6.07 Å². The molecule has 0 atom stereocenters. The van der Waals surface area contributed by atoms with Gasteiger partial charge in [-0.3, -0.25) is 4.79 Å². The van der Waals surface area contributed by atoms with Crippen LogP contribution in [-0.2, 0) is 4.74 Å². The molecule has 1 aromatic carbocycles. The quantitative estimate of drug-likeness (QED) is 0.571. The fourth-order valence-corrected chi connectivity index (χ4v) is 1.12. The molecule has 5 heteroatoms. The van der Waals surface area contributed by atoms with Gasteiger partial charge in [-0.2, -0.15) is 5.26 Å². The number of hydrogen-bond acceptors (Lipinski definition) is 5. The predicted octanol–water partition coefficient (Wildman–Crippen LogP) is 0.863. The van der Waals surface area contributed by atoms with Crippen molar-refractivity contribution in [3.8, 4) is 11.8 Å². The molecule has 76 valence electrons. The van der Waals surface area contributed by atoms with Gasteiger partial charge in [-0.15, -0.1) is 0 Å². The number of methoxy groups -OCH3 is 1. The summed E-state index contributed by atoms with van der Waals surface area (Å²) in [5.74, 6) is -1.26. The first-order chi connectivity index (χ1) is 7.13. The Morgan fingerprint density at radius 2 is 2.27 bits per heavy atom. The molecule has 0 fully saturated rings. The van der Waals surface area contributed by atoms with Crippen molar-refractivity contribution in [2.45, 2.75) is 0 Å². The van der Waals surface area contributed by atoms with Crippen molar-refractivity contribution in [3.05, 3.63) is 28.8 Å². The molecule has 5 nitrogen and oxygen atoms in total. The number of rotatable bonds is 2. The number of benzene rings is 1. The van der Waals surface area contributed by atoms with Crippen LogP contribution in [0.2, 0.25) is 0 Å². The van der Waals surface area contributed by atoms with Gasteiger partial charge in [0, 0.05) is 5.56 Å². The normalized spacial score (nSPS) is 9.07. The molecule has 0 unspecified atom stereocenters. The van der Waals surface area contributed by atoms with Gasteiger partial charge in [-0.05, 0) is 12.1 Å². The van der Waals surface area contributed by atoms with Crippen molar-refractivity contribution in [2.75, 3.05) is 7.11 Å². The van der Waals surface area contributed by atoms with Gasteiger partial charge in [0.1, 0.15) is 23.7 Å². The number of esters is 1. The second kappa shape index (κ2) is 4.24. The number of aromatic hydroxyl groups is 1. The lowest BCUT2D eigenvalue weighted by atomic mass is 10.0. The molecule has 0 bridgehead atoms. The number of phenolic OH excluding ortho intramolecular Hbond substituents is 1. The number of nitriles is 1. The van der Waals surface area contributed by atoms with Crippen LogP contribution in [0.15, 0.2) is 12.1 Å². The van der Waals surface area contributed by atoms with Gasteiger partial charge in [-0.25, -0.2) is 4.79 Å². The van der Waals surface area contributed by atoms with E-state index in [2.05, 4.69) is 4.74 Å². The molecule has 0 saturated heterocycles. The number of hydrogen-bond donors (Lipinski definition) is 1. The Hall–Kier alpha value is -2.35. The van der Waals surface area contributed by atoms with Crippen LogP contribution in [0.3, 0.4) is 0 Å². The van der Waals surface area contributed by atoms with Gasteiger partial charge in [0.2, 0.25) is 0 Å². The van der Waals surface area contributed by atoms with Gasteiger partial charge in [0.15, 0.2) is 0 Å². The van der Waals surface area contributed by atoms with Crippen molar-refractivity contribution >= 4 is 12.3 Å². The number of carbonyl (C=O) groups is 2. The first kappa shape index (κ1) is 10.7. The van der Waals surface area contributed by atoms with Gasteiger partial charge < -0.3 is 9.84 Å². The molecular weight excluding hydrogens is 198 g/mol. The zero-order valence-corrected chi connectivity index (χ0v) is 7.85. The highest BCUT2D eigenvalue weighted by Gasteiger charge is 2.18. The van der Waals surface area contributed by atoms with Crippen molar-refractivity contribution in [3.63, 3.8) is 0 Å². The molecule has 0 aliphatic carbocycles. The summed E-state index contributed by atoms with van der Waals surface area (Å²) in [7, 11) is 1.14. The average Bonchev–Trinajstić information content (AvgIpc) is 2.26. The molecular formula is C10H7NO4. The van der Waals surface area contributed by atoms with E-state index in [1.54, 1.807) is 6.07 Å². The van der Waals surface area contributed by atoms with Crippen LogP contribution in [0.4, 0.5) is 0 Å². The first-order valence-electron chi connectivity index (χ1n) is 3.94. The van der Waals surface area contributed by atoms with Crippen LogP contribution in [-0.4, -0.2) is 24.5 Å². The lowest BCUT2D eigenvalue weighted by molar-refractivity contribution is 0.0597. The first-order valence-corrected chi connectivity index (χ1v) is 3.94. The average molecular weight is 205 g/mol. The molecule has 15 heavy (non-hydrogen) atoms. The predicted molar refractivity (Wildman–Crippen MR) is 49.5 cm³/mol. The highest BCUT2D eigenvalue weighted by atomic mass is 16.5. The molecule has 1 N–H and O–H groups in total. The van der Waals surface area contributed by atoms with Crippen molar-refractivity contribution < 1.29 is 19.4 Å². The van der Waals surface area contributed by atoms with Crippen LogP contribution in [0.25, 0.3) is 0 Å². The number of aldehydes is 1. The fraction of sp³-hybridized carbons (Fsp3) is 0.100. The number of nitrogens with zero attached hydrogens (tertiary/aromatic N) is 1. The minimum atomic E-state index is -0.818. The Bertz CT molecular complexity index is 459. The monoisotopic (exact) mass is 205 g/mol. The summed E-state index contributed by atoms with van der Waals surface area (Å²) >= 11 is 0. The summed E-state index contributed by atoms with van der Waals surface area (Å²) in [4.78, 5) is 21.6. The summed E-state index contributed by atoms with van der Waals surface area (Å²) in [5.41, 5.74) is -0.203. The topological polar surface area (TPSA) is 87.4 Å². The molecule has 0 aromatic heterocycles. The second-order valence-electron chi connectivity index (χ2n) is 2.68. The molecule has 0 heterocycles. The van der Waals surface area contributed by atoms with Crippen LogP contribution >= 0.6 is 0 Å². The van der Waals surface area contributed by atoms with E-state index < -0.39 is 11.7 Å². The Morgan fingerprint density at radius 3 is 2.73 bits per heavy atom. The third-order valence-corrected chi connectivity index (χ3v) is 1.79. The van der Waals surface area contributed by atoms with E-state index in [0.717, 1.165) is 13.2 Å². The Labute approximate surface area is 85.5 Å². The molecule has 0 amide bonds. The fourth-order valence-electron chi connectivity index (χ4n) is 1.12. The molecule has 0 aliphatic rings. The largest absolute Gasteiger partial charge is 0.507 e. The third kappa shape index (κ3) is 1.94. The van der Waals surface area contributed by atoms with Crippen LogP contribution in [0.1, 0.15) is 26.3 Å². The van der Waals surface area contributed by atoms with Crippen molar-refractivity contribution in [1.82, 2.24) is 0 Å². The van der Waals surface area contributed by atoms with E-state index >= 15 is 0 Å². The van der Waals surface area contributed by atoms with E-state index in [0.29, 0.717) is 6.29 Å². The Kier molecular flexibility index (Phi) is 3.03. The summed E-state index contributed by atoms with van der Waals surface area (Å²) < 4.78 is 4.39. The zero-order chi connectivity index (χ0) is 11.4. The van der Waals surface area contributed by atoms with Gasteiger partial charge >= 0.3 is 5.97 Å². The maximum atomic E-state index is 11.2. The summed E-state index contributed by atoms with van der Waals surface area (Å²) in [5, 5.41) is 18.1. The lowest BCUT2D eigenvalue weighted by Gasteiger charge is -2.05. The zero-order valence-electron chi connectivity index (χ0n) is 7.85. The number of ether oxygens (including phenoxy) is 1. The summed E-state index contributed by atoms with van der Waals surface area (Å²) in [6.07, 6.45) is 0.474. The smallest absolute Gasteiger partial charge is 0.343 e. The molecule has 0 radical (unpaired) electrons. The summed E-state index contributed by atoms with van der Waals surface area (Å²) in [6, 6.07) is 4.01. The van der Waals surface area contributed by atoms with E-state index in [1.807, 2.05) is 0 Å². The Morgan fingerprint density at radius 1 is 1.60 bits per heavy atom. The van der Waals surface area contributed by atoms with E-state index in [4.69, 9.17) is 5.26 Å². The molecule has 0 spiro atoms. The Balaban J connectivity index is 3.45. The standard InChI is InChI=1S/C10H7NO4/c1-15-10(14)9-7(4-11)2-6(5-12)3-8(9)13/h2-3,5,13H,1H3. The SMILES string of the molecule is COC(=O)c1c(O)cc(C=O)cc1C#N. The number of phenols is 1. The molecule has 1 rings (SSSR count). The van der Waals surface area contributed by atoms with Crippen LogP contribution < -0.4 is 0 Å². The van der Waals surface area contributed by atoms with E-state index in [9.17, 15) is 14.7 Å². The van der Waals surface area contributed by atoms with Crippen LogP contribution in [0, 0.1) is 11.3 Å². The highest BCUT2D eigenvalue weighted by Crippen LogP contribution is 2.23. The maximum absolute atomic E-state index is 11.2. The second-order valence-corrected chi connectivity index (χ2v) is 2.68. The minimum Gasteiger partial charge on any atom is -0.507 e. The maximum Gasteiger partial charge on any atom is 0.343 e. The summed E-state index contributed by atoms with van der Waals surface area (Å²) in [6.45, 7) is 0. The van der Waals surface area contributed by atoms with E-state index in [-0.39, 0.29) is 16.7 Å². The van der Waals surface area contributed by atoms with Gasteiger partial charge in [0.25, 0.3) is 0 Å². The van der Waals surface area contributed by atoms with Gasteiger partial charge in [-0.1, -0.05) is 0 Å². The molecule has 0 aliphatic heterocycles. The van der Waals surface area contributed by atoms with Crippen molar-refractivity contribution in [2.24, 2.45) is 0 Å². The third-order valence-electron chi connectivity index (χ3n) is 1.79. The highest BCUT2D eigenvalue weighted by molar-refractivity contribution is 5.96. The van der Waals surface area contributed by atoms with Crippen molar-refractivity contribution in [1.29, 1.82) is 5.26 Å². The van der Waals surface area contributed by atoms with Crippen LogP contribution in [0.5, 0.6) is 5.75 Å². The lowest BCUT2D eigenvalue weighted by Crippen LogP contribution is -2.05. The molecule has 0 saturated carbocycles.